The molecule has 0 saturated heterocycles. The first kappa shape index (κ1) is 14.6. The monoisotopic (exact) mass is 263 g/mol. The second-order valence-electron chi connectivity index (χ2n) is 7.24. The zero-order chi connectivity index (χ0) is 14.1. The van der Waals surface area contributed by atoms with Gasteiger partial charge in [-0.3, -0.25) is 4.68 Å². The van der Waals surface area contributed by atoms with Crippen LogP contribution in [0, 0.1) is 5.41 Å². The maximum atomic E-state index is 4.58. The molecule has 0 amide bonds. The summed E-state index contributed by atoms with van der Waals surface area (Å²) in [6, 6.07) is 2.29. The Hall–Kier alpha value is -0.830. The quantitative estimate of drug-likeness (QED) is 0.884. The summed E-state index contributed by atoms with van der Waals surface area (Å²) in [7, 11) is 2.08. The van der Waals surface area contributed by atoms with E-state index in [1.807, 2.05) is 0 Å². The molecular formula is C16H29N3. The van der Waals surface area contributed by atoms with E-state index in [-0.39, 0.29) is 5.54 Å². The Balaban J connectivity index is 2.03. The van der Waals surface area contributed by atoms with Crippen molar-refractivity contribution in [2.75, 3.05) is 6.54 Å². The van der Waals surface area contributed by atoms with Gasteiger partial charge >= 0.3 is 0 Å². The van der Waals surface area contributed by atoms with Crippen LogP contribution in [-0.2, 0) is 19.9 Å². The van der Waals surface area contributed by atoms with Crippen molar-refractivity contribution in [1.29, 1.82) is 0 Å². The van der Waals surface area contributed by atoms with Crippen molar-refractivity contribution in [3.63, 3.8) is 0 Å². The van der Waals surface area contributed by atoms with E-state index in [2.05, 4.69) is 55.9 Å². The standard InChI is InChI=1S/C16H29N3/c1-6-13-10-14(19(5)18-13)11-16(8-7-9-16)12-17-15(2,3)4/h10,17H,6-9,11-12H2,1-5H3. The number of rotatable bonds is 5. The van der Waals surface area contributed by atoms with E-state index < -0.39 is 0 Å². The molecule has 19 heavy (non-hydrogen) atoms. The third-order valence-electron chi connectivity index (χ3n) is 4.35. The summed E-state index contributed by atoms with van der Waals surface area (Å²) in [6.07, 6.45) is 6.27. The molecule has 2 rings (SSSR count). The zero-order valence-electron chi connectivity index (χ0n) is 13.2. The van der Waals surface area contributed by atoms with Gasteiger partial charge in [0.15, 0.2) is 0 Å². The van der Waals surface area contributed by atoms with Crippen LogP contribution in [0.1, 0.15) is 58.3 Å². The Morgan fingerprint density at radius 1 is 1.37 bits per heavy atom. The van der Waals surface area contributed by atoms with Gasteiger partial charge in [0.1, 0.15) is 0 Å². The first-order valence-electron chi connectivity index (χ1n) is 7.60. The molecule has 1 saturated carbocycles. The number of hydrogen-bond donors (Lipinski definition) is 1. The summed E-state index contributed by atoms with van der Waals surface area (Å²) >= 11 is 0. The van der Waals surface area contributed by atoms with Gasteiger partial charge in [0.25, 0.3) is 0 Å². The van der Waals surface area contributed by atoms with E-state index in [0.29, 0.717) is 5.41 Å². The second kappa shape index (κ2) is 5.28. The van der Waals surface area contributed by atoms with E-state index in [1.54, 1.807) is 0 Å². The summed E-state index contributed by atoms with van der Waals surface area (Å²) in [5.74, 6) is 0. The minimum atomic E-state index is 0.212. The molecule has 0 radical (unpaired) electrons. The Bertz CT molecular complexity index is 422. The lowest BCUT2D eigenvalue weighted by molar-refractivity contribution is 0.115. The van der Waals surface area contributed by atoms with Crippen LogP contribution in [-0.4, -0.2) is 21.9 Å². The molecule has 1 aromatic rings. The second-order valence-corrected chi connectivity index (χ2v) is 7.24. The lowest BCUT2D eigenvalue weighted by atomic mass is 9.65. The molecule has 1 aromatic heterocycles. The van der Waals surface area contributed by atoms with Gasteiger partial charge in [-0.05, 0) is 57.9 Å². The number of hydrogen-bond acceptors (Lipinski definition) is 2. The third kappa shape index (κ3) is 3.59. The van der Waals surface area contributed by atoms with Crippen LogP contribution in [0.25, 0.3) is 0 Å². The molecule has 1 aliphatic carbocycles. The molecular weight excluding hydrogens is 234 g/mol. The van der Waals surface area contributed by atoms with Gasteiger partial charge in [0.2, 0.25) is 0 Å². The average molecular weight is 263 g/mol. The maximum Gasteiger partial charge on any atom is 0.0624 e. The fourth-order valence-corrected chi connectivity index (χ4v) is 2.84. The van der Waals surface area contributed by atoms with Crippen molar-refractivity contribution >= 4 is 0 Å². The largest absolute Gasteiger partial charge is 0.312 e. The van der Waals surface area contributed by atoms with Crippen molar-refractivity contribution < 1.29 is 0 Å². The van der Waals surface area contributed by atoms with Crippen molar-refractivity contribution in [2.24, 2.45) is 12.5 Å². The highest BCUT2D eigenvalue weighted by Gasteiger charge is 2.38. The normalized spacial score (nSPS) is 18.4. The first-order chi connectivity index (χ1) is 8.84. The number of nitrogens with one attached hydrogen (secondary N) is 1. The van der Waals surface area contributed by atoms with E-state index in [9.17, 15) is 0 Å². The average Bonchev–Trinajstić information content (AvgIpc) is 2.62. The van der Waals surface area contributed by atoms with Crippen LogP contribution >= 0.6 is 0 Å². The molecule has 0 aliphatic heterocycles. The molecule has 3 nitrogen and oxygen atoms in total. The van der Waals surface area contributed by atoms with Crippen molar-refractivity contribution in [3.05, 3.63) is 17.5 Å². The Morgan fingerprint density at radius 3 is 2.47 bits per heavy atom. The SMILES string of the molecule is CCc1cc(CC2(CNC(C)(C)C)CCC2)n(C)n1. The molecule has 0 bridgehead atoms. The highest BCUT2D eigenvalue weighted by atomic mass is 15.3. The molecule has 0 aromatic carbocycles. The highest BCUT2D eigenvalue weighted by molar-refractivity contribution is 5.14. The number of aryl methyl sites for hydroxylation is 2. The van der Waals surface area contributed by atoms with E-state index in [1.165, 1.54) is 37.1 Å². The van der Waals surface area contributed by atoms with Gasteiger partial charge in [-0.25, -0.2) is 0 Å². The molecule has 0 unspecified atom stereocenters. The van der Waals surface area contributed by atoms with Crippen LogP contribution in [0.3, 0.4) is 0 Å². The predicted molar refractivity (Wildman–Crippen MR) is 80.3 cm³/mol. The van der Waals surface area contributed by atoms with Gasteiger partial charge < -0.3 is 5.32 Å². The van der Waals surface area contributed by atoms with Crippen molar-refractivity contribution in [3.8, 4) is 0 Å². The van der Waals surface area contributed by atoms with Crippen LogP contribution in [0.5, 0.6) is 0 Å². The molecule has 108 valence electrons. The highest BCUT2D eigenvalue weighted by Crippen LogP contribution is 2.43. The van der Waals surface area contributed by atoms with Crippen LogP contribution in [0.15, 0.2) is 6.07 Å². The lowest BCUT2D eigenvalue weighted by Gasteiger charge is -2.44. The molecule has 1 heterocycles. The van der Waals surface area contributed by atoms with Gasteiger partial charge in [0, 0.05) is 24.8 Å². The molecule has 0 atom stereocenters. The first-order valence-corrected chi connectivity index (χ1v) is 7.60. The van der Waals surface area contributed by atoms with Crippen LogP contribution in [0.4, 0.5) is 0 Å². The molecule has 1 aliphatic rings. The predicted octanol–water partition coefficient (Wildman–Crippen LogP) is 3.08. The summed E-state index contributed by atoms with van der Waals surface area (Å²) in [5.41, 5.74) is 3.29. The van der Waals surface area contributed by atoms with Gasteiger partial charge in [0.05, 0.1) is 5.69 Å². The Kier molecular flexibility index (Phi) is 4.05. The zero-order valence-corrected chi connectivity index (χ0v) is 13.2. The topological polar surface area (TPSA) is 29.9 Å². The molecule has 0 spiro atoms. The molecule has 3 heteroatoms. The van der Waals surface area contributed by atoms with Crippen LogP contribution in [0.2, 0.25) is 0 Å². The van der Waals surface area contributed by atoms with E-state index in [4.69, 9.17) is 0 Å². The molecule has 1 fully saturated rings. The smallest absolute Gasteiger partial charge is 0.0624 e. The Labute approximate surface area is 117 Å². The number of aromatic nitrogens is 2. The summed E-state index contributed by atoms with van der Waals surface area (Å²) in [4.78, 5) is 0. The minimum Gasteiger partial charge on any atom is -0.312 e. The summed E-state index contributed by atoms with van der Waals surface area (Å²) in [6.45, 7) is 10.0. The van der Waals surface area contributed by atoms with Crippen molar-refractivity contribution in [2.45, 2.75) is 65.3 Å². The van der Waals surface area contributed by atoms with Gasteiger partial charge in [-0.2, -0.15) is 5.10 Å². The van der Waals surface area contributed by atoms with Gasteiger partial charge in [-0.1, -0.05) is 13.3 Å². The van der Waals surface area contributed by atoms with Gasteiger partial charge in [-0.15, -0.1) is 0 Å². The maximum absolute atomic E-state index is 4.58. The summed E-state index contributed by atoms with van der Waals surface area (Å²) in [5, 5.41) is 8.27. The fourth-order valence-electron chi connectivity index (χ4n) is 2.84. The third-order valence-corrected chi connectivity index (χ3v) is 4.35. The Morgan fingerprint density at radius 2 is 2.05 bits per heavy atom. The summed E-state index contributed by atoms with van der Waals surface area (Å²) < 4.78 is 2.08. The lowest BCUT2D eigenvalue weighted by Crippen LogP contribution is -2.48. The fraction of sp³-hybridized carbons (Fsp3) is 0.812. The molecule has 1 N–H and O–H groups in total. The minimum absolute atomic E-state index is 0.212. The van der Waals surface area contributed by atoms with E-state index in [0.717, 1.165) is 13.0 Å². The van der Waals surface area contributed by atoms with Crippen molar-refractivity contribution in [1.82, 2.24) is 15.1 Å². The number of nitrogens with zero attached hydrogens (tertiary/aromatic N) is 2. The van der Waals surface area contributed by atoms with E-state index >= 15 is 0 Å². The van der Waals surface area contributed by atoms with Crippen LogP contribution < -0.4 is 5.32 Å².